The highest BCUT2D eigenvalue weighted by molar-refractivity contribution is 7.26. The maximum atomic E-state index is 7.05. The summed E-state index contributed by atoms with van der Waals surface area (Å²) in [6, 6.07) is 80.8. The zero-order valence-corrected chi connectivity index (χ0v) is 38.4. The molecule has 0 N–H and O–H groups in total. The van der Waals surface area contributed by atoms with Crippen LogP contribution < -0.4 is 0 Å². The third kappa shape index (κ3) is 6.61. The van der Waals surface area contributed by atoms with E-state index in [1.807, 2.05) is 72.0 Å². The van der Waals surface area contributed by atoms with E-state index in [1.165, 1.54) is 36.5 Å². The molecule has 0 aliphatic rings. The van der Waals surface area contributed by atoms with Crippen molar-refractivity contribution in [2.45, 2.75) is 0 Å². The molecule has 0 radical (unpaired) electrons. The molecule has 14 rings (SSSR count). The minimum Gasteiger partial charge on any atom is -0.455 e. The molecule has 326 valence electrons. The van der Waals surface area contributed by atoms with Gasteiger partial charge in [0.05, 0.1) is 11.2 Å². The Morgan fingerprint density at radius 3 is 1.39 bits per heavy atom. The molecule has 5 nitrogen and oxygen atoms in total. The molecule has 0 aliphatic heterocycles. The van der Waals surface area contributed by atoms with Gasteiger partial charge in [0.25, 0.3) is 0 Å². The molecule has 4 aromatic heterocycles. The SMILES string of the molecule is c1ccc(-c2nc(-c3ccccc3)nc(-c3cccc(-c4cccc5c4oc4c(-c6cccc(-c7cccc8c7sc7ccc9c(-c%10ccccc%10)nc%10ccccc%10c9c78)c6)cccc45)c3)n2)cc1. The van der Waals surface area contributed by atoms with E-state index >= 15 is 0 Å². The average Bonchev–Trinajstić information content (AvgIpc) is 4.03. The fraction of sp³-hybridized carbons (Fsp3) is 0. The zero-order valence-electron chi connectivity index (χ0n) is 37.5. The lowest BCUT2D eigenvalue weighted by Crippen LogP contribution is -2.00. The number of thiophene rings is 1. The molecule has 14 aromatic rings. The Hall–Kier alpha value is -9.10. The highest BCUT2D eigenvalue weighted by Gasteiger charge is 2.21. The van der Waals surface area contributed by atoms with Crippen LogP contribution in [-0.4, -0.2) is 19.9 Å². The van der Waals surface area contributed by atoms with Gasteiger partial charge in [-0.3, -0.25) is 0 Å². The van der Waals surface area contributed by atoms with Gasteiger partial charge in [-0.1, -0.05) is 206 Å². The quantitative estimate of drug-likeness (QED) is 0.149. The van der Waals surface area contributed by atoms with Crippen LogP contribution in [0.25, 0.3) is 143 Å². The summed E-state index contributed by atoms with van der Waals surface area (Å²) >= 11 is 1.86. The topological polar surface area (TPSA) is 64.7 Å². The number of benzene rings is 10. The van der Waals surface area contributed by atoms with Crippen molar-refractivity contribution in [1.29, 1.82) is 0 Å². The average molecular weight is 911 g/mol. The van der Waals surface area contributed by atoms with Crippen LogP contribution >= 0.6 is 11.3 Å². The summed E-state index contributed by atoms with van der Waals surface area (Å²) in [5.41, 5.74) is 14.1. The number of nitrogens with zero attached hydrogens (tertiary/aromatic N) is 4. The molecule has 0 saturated heterocycles. The number of aromatic nitrogens is 4. The monoisotopic (exact) mass is 910 g/mol. The Balaban J connectivity index is 0.878. The largest absolute Gasteiger partial charge is 0.455 e. The molecule has 6 heteroatoms. The summed E-state index contributed by atoms with van der Waals surface area (Å²) in [5.74, 6) is 1.87. The lowest BCUT2D eigenvalue weighted by Gasteiger charge is -2.12. The van der Waals surface area contributed by atoms with E-state index in [0.29, 0.717) is 17.5 Å². The fourth-order valence-electron chi connectivity index (χ4n) is 10.3. The highest BCUT2D eigenvalue weighted by Crippen LogP contribution is 2.47. The number of furan rings is 1. The Morgan fingerprint density at radius 1 is 0.300 bits per heavy atom. The standard InChI is InChI=1S/C64H38N4OS/c1-4-17-39(18-5-1)58-52-35-36-55-57(56(52)51-27-10-11-34-54(51)65-58)53-33-16-30-48(61(53)70-55)44-25-12-23-42(37-44)46-28-14-31-49-50-32-15-29-47(60(50)69-59(46)49)43-24-13-26-45(38-43)64-67-62(40-19-6-2-7-20-40)66-63(68-64)41-21-8-3-9-22-41/h1-38H. The van der Waals surface area contributed by atoms with Crippen LogP contribution in [0.1, 0.15) is 0 Å². The Kier molecular flexibility index (Phi) is 9.32. The van der Waals surface area contributed by atoms with Crippen molar-refractivity contribution in [3.8, 4) is 78.8 Å². The lowest BCUT2D eigenvalue weighted by molar-refractivity contribution is 0.671. The first-order valence-corrected chi connectivity index (χ1v) is 24.3. The molecule has 70 heavy (non-hydrogen) atoms. The lowest BCUT2D eigenvalue weighted by atomic mass is 9.94. The van der Waals surface area contributed by atoms with Gasteiger partial charge in [-0.2, -0.15) is 0 Å². The van der Waals surface area contributed by atoms with Crippen LogP contribution in [0.15, 0.2) is 235 Å². The van der Waals surface area contributed by atoms with Crippen molar-refractivity contribution >= 4 is 75.1 Å². The van der Waals surface area contributed by atoms with E-state index in [4.69, 9.17) is 24.4 Å². The van der Waals surface area contributed by atoms with E-state index < -0.39 is 0 Å². The van der Waals surface area contributed by atoms with Gasteiger partial charge in [-0.25, -0.2) is 19.9 Å². The molecule has 10 aromatic carbocycles. The first-order valence-electron chi connectivity index (χ1n) is 23.5. The van der Waals surface area contributed by atoms with Crippen molar-refractivity contribution in [3.63, 3.8) is 0 Å². The van der Waals surface area contributed by atoms with Crippen LogP contribution in [0, 0.1) is 0 Å². The van der Waals surface area contributed by atoms with Crippen molar-refractivity contribution in [2.75, 3.05) is 0 Å². The van der Waals surface area contributed by atoms with Crippen molar-refractivity contribution < 1.29 is 4.42 Å². The van der Waals surface area contributed by atoms with Crippen LogP contribution in [0.3, 0.4) is 0 Å². The van der Waals surface area contributed by atoms with Gasteiger partial charge in [0, 0.05) is 80.5 Å². The van der Waals surface area contributed by atoms with Crippen LogP contribution in [0.2, 0.25) is 0 Å². The predicted octanol–water partition coefficient (Wildman–Crippen LogP) is 17.5. The smallest absolute Gasteiger partial charge is 0.164 e. The van der Waals surface area contributed by atoms with Gasteiger partial charge in [0.2, 0.25) is 0 Å². The van der Waals surface area contributed by atoms with Crippen molar-refractivity contribution in [1.82, 2.24) is 19.9 Å². The van der Waals surface area contributed by atoms with Crippen molar-refractivity contribution in [3.05, 3.63) is 231 Å². The summed E-state index contributed by atoms with van der Waals surface area (Å²) < 4.78 is 9.58. The maximum absolute atomic E-state index is 7.05. The van der Waals surface area contributed by atoms with Gasteiger partial charge in [-0.15, -0.1) is 11.3 Å². The van der Waals surface area contributed by atoms with Crippen LogP contribution in [0.5, 0.6) is 0 Å². The number of rotatable bonds is 7. The number of hydrogen-bond donors (Lipinski definition) is 0. The molecular formula is C64H38N4OS. The maximum Gasteiger partial charge on any atom is 0.164 e. The van der Waals surface area contributed by atoms with Gasteiger partial charge in [0.15, 0.2) is 17.5 Å². The number of para-hydroxylation sites is 3. The van der Waals surface area contributed by atoms with Gasteiger partial charge in [0.1, 0.15) is 11.2 Å². The van der Waals surface area contributed by atoms with E-state index in [9.17, 15) is 0 Å². The van der Waals surface area contributed by atoms with E-state index in [1.54, 1.807) is 0 Å². The van der Waals surface area contributed by atoms with Crippen LogP contribution in [-0.2, 0) is 0 Å². The molecule has 0 unspecified atom stereocenters. The molecule has 4 heterocycles. The molecule has 0 saturated carbocycles. The van der Waals surface area contributed by atoms with E-state index in [-0.39, 0.29) is 0 Å². The number of fused-ring (bicyclic) bond motifs is 10. The van der Waals surface area contributed by atoms with Crippen LogP contribution in [0.4, 0.5) is 0 Å². The zero-order chi connectivity index (χ0) is 46.1. The second-order valence-corrected chi connectivity index (χ2v) is 18.7. The molecule has 0 fully saturated rings. The summed E-state index contributed by atoms with van der Waals surface area (Å²) in [6.07, 6.45) is 0. The predicted molar refractivity (Wildman–Crippen MR) is 291 cm³/mol. The molecule has 0 aliphatic carbocycles. The molecule has 0 amide bonds. The summed E-state index contributed by atoms with van der Waals surface area (Å²) in [6.45, 7) is 0. The van der Waals surface area contributed by atoms with Crippen molar-refractivity contribution in [2.24, 2.45) is 0 Å². The van der Waals surface area contributed by atoms with Gasteiger partial charge >= 0.3 is 0 Å². The highest BCUT2D eigenvalue weighted by atomic mass is 32.1. The number of hydrogen-bond acceptors (Lipinski definition) is 6. The summed E-state index contributed by atoms with van der Waals surface area (Å²) in [5, 5.41) is 8.25. The molecule has 0 spiro atoms. The first-order chi connectivity index (χ1) is 34.7. The number of pyridine rings is 1. The Bertz CT molecular complexity index is 4300. The molecule has 0 bridgehead atoms. The second kappa shape index (κ2) is 16.3. The first kappa shape index (κ1) is 40.0. The minimum absolute atomic E-state index is 0.608. The van der Waals surface area contributed by atoms with Gasteiger partial charge < -0.3 is 4.42 Å². The summed E-state index contributed by atoms with van der Waals surface area (Å²) in [4.78, 5) is 20.2. The Labute approximate surface area is 406 Å². The summed E-state index contributed by atoms with van der Waals surface area (Å²) in [7, 11) is 0. The third-order valence-electron chi connectivity index (χ3n) is 13.5. The minimum atomic E-state index is 0.608. The van der Waals surface area contributed by atoms with E-state index in [0.717, 1.165) is 88.6 Å². The van der Waals surface area contributed by atoms with Gasteiger partial charge in [-0.05, 0) is 46.5 Å². The van der Waals surface area contributed by atoms with E-state index in [2.05, 4.69) is 170 Å². The third-order valence-corrected chi connectivity index (χ3v) is 14.7. The molecular weight excluding hydrogens is 873 g/mol. The fourth-order valence-corrected chi connectivity index (χ4v) is 11.5. The second-order valence-electron chi connectivity index (χ2n) is 17.7. The normalized spacial score (nSPS) is 11.7. The Morgan fingerprint density at radius 2 is 0.757 bits per heavy atom. The molecule has 0 atom stereocenters.